The minimum atomic E-state index is -0.184. The molecule has 7 aromatic rings. The van der Waals surface area contributed by atoms with Gasteiger partial charge in [0.1, 0.15) is 0 Å². The normalized spacial score (nSPS) is 13.0. The lowest BCUT2D eigenvalue weighted by molar-refractivity contribution is 0.660. The second-order valence-corrected chi connectivity index (χ2v) is 12.0. The van der Waals surface area contributed by atoms with E-state index in [1.807, 2.05) is 6.07 Å². The predicted molar refractivity (Wildman–Crippen MR) is 180 cm³/mol. The fourth-order valence-electron chi connectivity index (χ4n) is 7.18. The topological polar surface area (TPSA) is 23.8 Å². The zero-order valence-corrected chi connectivity index (χ0v) is 24.2. The first kappa shape index (κ1) is 25.3. The average Bonchev–Trinajstić information content (AvgIpc) is 3.29. The van der Waals surface area contributed by atoms with E-state index in [4.69, 9.17) is 0 Å². The molecule has 0 atom stereocenters. The van der Waals surface area contributed by atoms with E-state index in [2.05, 4.69) is 153 Å². The maximum atomic E-state index is 9.55. The average molecular weight is 548 g/mol. The Labute approximate surface area is 252 Å². The van der Waals surface area contributed by atoms with Crippen LogP contribution in [-0.2, 0) is 5.41 Å². The molecular weight excluding hydrogens is 518 g/mol. The van der Waals surface area contributed by atoms with Crippen molar-refractivity contribution < 1.29 is 0 Å². The van der Waals surface area contributed by atoms with Gasteiger partial charge < -0.3 is 0 Å². The summed E-state index contributed by atoms with van der Waals surface area (Å²) in [5.74, 6) is 0. The van der Waals surface area contributed by atoms with Crippen LogP contribution in [0.15, 0.2) is 140 Å². The van der Waals surface area contributed by atoms with E-state index >= 15 is 0 Å². The van der Waals surface area contributed by atoms with Crippen molar-refractivity contribution in [2.24, 2.45) is 0 Å². The zero-order chi connectivity index (χ0) is 29.1. The summed E-state index contributed by atoms with van der Waals surface area (Å²) in [4.78, 5) is 0. The molecule has 8 rings (SSSR count). The maximum absolute atomic E-state index is 9.55. The van der Waals surface area contributed by atoms with Crippen LogP contribution in [0, 0.1) is 11.3 Å². The lowest BCUT2D eigenvalue weighted by atomic mass is 9.81. The van der Waals surface area contributed by atoms with Crippen LogP contribution in [-0.4, -0.2) is 0 Å². The van der Waals surface area contributed by atoms with Crippen molar-refractivity contribution in [3.8, 4) is 50.6 Å². The van der Waals surface area contributed by atoms with Gasteiger partial charge in [-0.3, -0.25) is 0 Å². The maximum Gasteiger partial charge on any atom is 0.0991 e. The second kappa shape index (κ2) is 9.55. The molecule has 0 aromatic heterocycles. The highest BCUT2D eigenvalue weighted by Crippen LogP contribution is 2.50. The Morgan fingerprint density at radius 3 is 1.56 bits per heavy atom. The van der Waals surface area contributed by atoms with E-state index in [1.165, 1.54) is 77.2 Å². The van der Waals surface area contributed by atoms with Gasteiger partial charge >= 0.3 is 0 Å². The Kier molecular flexibility index (Phi) is 5.61. The summed E-state index contributed by atoms with van der Waals surface area (Å²) in [6, 6.07) is 52.7. The molecule has 0 amide bonds. The van der Waals surface area contributed by atoms with Crippen LogP contribution in [0.4, 0.5) is 0 Å². The van der Waals surface area contributed by atoms with Crippen molar-refractivity contribution >= 4 is 21.5 Å². The molecule has 0 radical (unpaired) electrons. The number of benzene rings is 7. The zero-order valence-electron chi connectivity index (χ0n) is 24.2. The number of rotatable bonds is 3. The van der Waals surface area contributed by atoms with Gasteiger partial charge in [-0.2, -0.15) is 5.26 Å². The summed E-state index contributed by atoms with van der Waals surface area (Å²) in [5.41, 5.74) is 12.9. The first-order valence-corrected chi connectivity index (χ1v) is 14.8. The highest BCUT2D eigenvalue weighted by atomic mass is 14.4. The number of fused-ring (bicyclic) bond motifs is 5. The predicted octanol–water partition coefficient (Wildman–Crippen LogP) is 11.2. The summed E-state index contributed by atoms with van der Waals surface area (Å²) in [7, 11) is 0. The Bertz CT molecular complexity index is 2250. The van der Waals surface area contributed by atoms with Gasteiger partial charge in [-0.25, -0.2) is 0 Å². The van der Waals surface area contributed by atoms with Gasteiger partial charge in [-0.15, -0.1) is 0 Å². The van der Waals surface area contributed by atoms with Crippen molar-refractivity contribution in [1.29, 1.82) is 5.26 Å². The monoisotopic (exact) mass is 547 g/mol. The molecule has 7 aromatic carbocycles. The van der Waals surface area contributed by atoms with Crippen LogP contribution in [0.25, 0.3) is 66.1 Å². The lowest BCUT2D eigenvalue weighted by Crippen LogP contribution is -2.15. The molecule has 202 valence electrons. The molecule has 1 nitrogen and oxygen atoms in total. The fraction of sp³-hybridized carbons (Fsp3) is 0.0714. The third-order valence-corrected chi connectivity index (χ3v) is 9.29. The van der Waals surface area contributed by atoms with E-state index in [1.54, 1.807) is 0 Å². The van der Waals surface area contributed by atoms with E-state index in [0.29, 0.717) is 5.56 Å². The number of hydrogen-bond donors (Lipinski definition) is 0. The van der Waals surface area contributed by atoms with Gasteiger partial charge in [0.2, 0.25) is 0 Å². The number of nitriles is 1. The van der Waals surface area contributed by atoms with Gasteiger partial charge in [-0.05, 0) is 101 Å². The van der Waals surface area contributed by atoms with E-state index in [0.717, 1.165) is 0 Å². The van der Waals surface area contributed by atoms with Crippen LogP contribution in [0.2, 0.25) is 0 Å². The van der Waals surface area contributed by atoms with Crippen LogP contribution >= 0.6 is 0 Å². The van der Waals surface area contributed by atoms with Gasteiger partial charge in [-0.1, -0.05) is 129 Å². The molecule has 0 spiro atoms. The Hall–Kier alpha value is -5.45. The molecule has 0 N–H and O–H groups in total. The molecule has 43 heavy (non-hydrogen) atoms. The van der Waals surface area contributed by atoms with E-state index in [-0.39, 0.29) is 5.41 Å². The Balaban J connectivity index is 1.40. The smallest absolute Gasteiger partial charge is 0.0991 e. The van der Waals surface area contributed by atoms with Crippen molar-refractivity contribution in [2.75, 3.05) is 0 Å². The molecule has 0 saturated carbocycles. The van der Waals surface area contributed by atoms with Crippen LogP contribution < -0.4 is 0 Å². The van der Waals surface area contributed by atoms with Crippen molar-refractivity contribution in [2.45, 2.75) is 19.3 Å². The Morgan fingerprint density at radius 1 is 0.442 bits per heavy atom. The SMILES string of the molecule is CC1(C)c2cc(C#N)ccc2-c2ccc(-c3ccc4c(-c5ccccc5)c5ccccc5c(-c5ccccc5)c4c3)cc21. The third kappa shape index (κ3) is 3.84. The molecule has 0 unspecified atom stereocenters. The quantitative estimate of drug-likeness (QED) is 0.202. The van der Waals surface area contributed by atoms with Gasteiger partial charge in [0.05, 0.1) is 11.6 Å². The molecule has 0 saturated heterocycles. The van der Waals surface area contributed by atoms with Crippen LogP contribution in [0.1, 0.15) is 30.5 Å². The van der Waals surface area contributed by atoms with Gasteiger partial charge in [0.25, 0.3) is 0 Å². The summed E-state index contributed by atoms with van der Waals surface area (Å²) >= 11 is 0. The van der Waals surface area contributed by atoms with Crippen LogP contribution in [0.5, 0.6) is 0 Å². The minimum Gasteiger partial charge on any atom is -0.192 e. The lowest BCUT2D eigenvalue weighted by Gasteiger charge is -2.22. The van der Waals surface area contributed by atoms with Crippen LogP contribution in [0.3, 0.4) is 0 Å². The highest BCUT2D eigenvalue weighted by molar-refractivity contribution is 6.22. The molecule has 0 bridgehead atoms. The van der Waals surface area contributed by atoms with E-state index < -0.39 is 0 Å². The number of nitrogens with zero attached hydrogens (tertiary/aromatic N) is 1. The first-order chi connectivity index (χ1) is 21.0. The van der Waals surface area contributed by atoms with Crippen molar-refractivity contribution in [3.05, 3.63) is 156 Å². The molecule has 1 heteroatoms. The van der Waals surface area contributed by atoms with E-state index in [9.17, 15) is 5.26 Å². The standard InChI is InChI=1S/C42H29N/c1-42(2)38-23-27(26-43)17-20-32(38)33-21-18-31(25-39(33)42)30-19-22-36-37(24-30)41(29-13-7-4-8-14-29)35-16-10-9-15-34(35)40(36)28-11-5-3-6-12-28/h3-25H,1-2H3. The second-order valence-electron chi connectivity index (χ2n) is 12.0. The Morgan fingerprint density at radius 2 is 0.930 bits per heavy atom. The largest absolute Gasteiger partial charge is 0.192 e. The molecule has 0 aliphatic heterocycles. The van der Waals surface area contributed by atoms with Crippen molar-refractivity contribution in [3.63, 3.8) is 0 Å². The summed E-state index contributed by atoms with van der Waals surface area (Å²) in [6.07, 6.45) is 0. The summed E-state index contributed by atoms with van der Waals surface area (Å²) in [5, 5.41) is 14.6. The van der Waals surface area contributed by atoms with Crippen molar-refractivity contribution in [1.82, 2.24) is 0 Å². The van der Waals surface area contributed by atoms with Gasteiger partial charge in [0, 0.05) is 5.41 Å². The molecule has 0 fully saturated rings. The minimum absolute atomic E-state index is 0.184. The fourth-order valence-corrected chi connectivity index (χ4v) is 7.18. The molecule has 1 aliphatic carbocycles. The first-order valence-electron chi connectivity index (χ1n) is 14.8. The molecule has 1 aliphatic rings. The third-order valence-electron chi connectivity index (χ3n) is 9.29. The summed E-state index contributed by atoms with van der Waals surface area (Å²) in [6.45, 7) is 4.55. The van der Waals surface area contributed by atoms with Gasteiger partial charge in [0.15, 0.2) is 0 Å². The number of hydrogen-bond acceptors (Lipinski definition) is 1. The highest BCUT2D eigenvalue weighted by Gasteiger charge is 2.35. The molecule has 0 heterocycles. The molecular formula is C42H29N. The summed E-state index contributed by atoms with van der Waals surface area (Å²) < 4.78 is 0.